The van der Waals surface area contributed by atoms with Crippen LogP contribution in [-0.2, 0) is 30.3 Å². The van der Waals surface area contributed by atoms with E-state index in [-0.39, 0.29) is 18.9 Å². The standard InChI is InChI=1S/C18H18N2O6S/c1-10(21)26-8-12-9-27-17-14(16(23)20(17)15(12)18(24)25)19-13(22)7-11-5-3-2-4-6-11/h2-6,9,14-15,17H,7-8H2,1H3,(H,19,22)(H,24,25)/t14-,15-,17+/m1/s1. The summed E-state index contributed by atoms with van der Waals surface area (Å²) in [4.78, 5) is 48.5. The lowest BCUT2D eigenvalue weighted by Gasteiger charge is -2.51. The molecule has 0 bridgehead atoms. The highest BCUT2D eigenvalue weighted by molar-refractivity contribution is 8.02. The smallest absolute Gasteiger partial charge is 0.330 e. The minimum absolute atomic E-state index is 0.137. The van der Waals surface area contributed by atoms with Crippen LogP contribution >= 0.6 is 11.8 Å². The first-order valence-electron chi connectivity index (χ1n) is 8.24. The summed E-state index contributed by atoms with van der Waals surface area (Å²) < 4.78 is 4.87. The van der Waals surface area contributed by atoms with Crippen molar-refractivity contribution in [1.82, 2.24) is 10.2 Å². The van der Waals surface area contributed by atoms with E-state index in [2.05, 4.69) is 5.32 Å². The monoisotopic (exact) mass is 390 g/mol. The second-order valence-corrected chi connectivity index (χ2v) is 7.18. The van der Waals surface area contributed by atoms with Gasteiger partial charge in [0.25, 0.3) is 0 Å². The lowest BCUT2D eigenvalue weighted by atomic mass is 9.98. The van der Waals surface area contributed by atoms with Crippen molar-refractivity contribution in [2.75, 3.05) is 6.61 Å². The number of nitrogens with one attached hydrogen (secondary N) is 1. The molecule has 1 fully saturated rings. The van der Waals surface area contributed by atoms with E-state index >= 15 is 0 Å². The number of amides is 2. The highest BCUT2D eigenvalue weighted by Crippen LogP contribution is 2.40. The van der Waals surface area contributed by atoms with Crippen molar-refractivity contribution in [3.05, 3.63) is 46.9 Å². The molecule has 0 spiro atoms. The quantitative estimate of drug-likeness (QED) is 0.538. The number of fused-ring (bicyclic) bond motifs is 1. The van der Waals surface area contributed by atoms with Crippen molar-refractivity contribution in [1.29, 1.82) is 0 Å². The zero-order valence-corrected chi connectivity index (χ0v) is 15.3. The summed E-state index contributed by atoms with van der Waals surface area (Å²) in [6.07, 6.45) is 0.137. The number of thioether (sulfide) groups is 1. The van der Waals surface area contributed by atoms with Gasteiger partial charge in [-0.2, -0.15) is 0 Å². The van der Waals surface area contributed by atoms with Gasteiger partial charge in [0.1, 0.15) is 18.0 Å². The molecule has 2 N–H and O–H groups in total. The first-order chi connectivity index (χ1) is 12.9. The van der Waals surface area contributed by atoms with Crippen molar-refractivity contribution in [3.8, 4) is 0 Å². The maximum Gasteiger partial charge on any atom is 0.330 e. The Hall–Kier alpha value is -2.81. The molecule has 8 nitrogen and oxygen atoms in total. The number of carbonyl (C=O) groups excluding carboxylic acids is 3. The van der Waals surface area contributed by atoms with Gasteiger partial charge in [0, 0.05) is 12.5 Å². The Morgan fingerprint density at radius 1 is 1.26 bits per heavy atom. The molecule has 142 valence electrons. The number of benzene rings is 1. The van der Waals surface area contributed by atoms with Gasteiger partial charge in [-0.05, 0) is 11.0 Å². The first-order valence-corrected chi connectivity index (χ1v) is 9.19. The summed E-state index contributed by atoms with van der Waals surface area (Å²) in [5.74, 6) is -2.51. The van der Waals surface area contributed by atoms with Gasteiger partial charge >= 0.3 is 11.9 Å². The average molecular weight is 390 g/mol. The predicted octanol–water partition coefficient (Wildman–Crippen LogP) is 0.529. The number of hydrogen-bond acceptors (Lipinski definition) is 6. The molecule has 2 aliphatic heterocycles. The molecule has 0 aliphatic carbocycles. The third-order valence-corrected chi connectivity index (χ3v) is 5.49. The van der Waals surface area contributed by atoms with Gasteiger partial charge in [-0.3, -0.25) is 14.4 Å². The van der Waals surface area contributed by atoms with E-state index in [0.29, 0.717) is 5.57 Å². The maximum atomic E-state index is 12.5. The summed E-state index contributed by atoms with van der Waals surface area (Å²) in [6.45, 7) is 1.03. The van der Waals surface area contributed by atoms with Crippen LogP contribution < -0.4 is 5.32 Å². The lowest BCUT2D eigenvalue weighted by molar-refractivity contribution is -0.160. The van der Waals surface area contributed by atoms with Gasteiger partial charge in [-0.25, -0.2) is 4.79 Å². The molecular formula is C18H18N2O6S. The molecule has 3 atom stereocenters. The molecular weight excluding hydrogens is 372 g/mol. The molecule has 27 heavy (non-hydrogen) atoms. The second kappa shape index (κ2) is 7.83. The van der Waals surface area contributed by atoms with Crippen LogP contribution in [0.5, 0.6) is 0 Å². The van der Waals surface area contributed by atoms with E-state index in [0.717, 1.165) is 5.56 Å². The van der Waals surface area contributed by atoms with Gasteiger partial charge in [0.15, 0.2) is 6.04 Å². The summed E-state index contributed by atoms with van der Waals surface area (Å²) in [5, 5.41) is 13.3. The average Bonchev–Trinajstić information content (AvgIpc) is 2.64. The van der Waals surface area contributed by atoms with Crippen molar-refractivity contribution >= 4 is 35.5 Å². The minimum atomic E-state index is -1.21. The fraction of sp³-hybridized carbons (Fsp3) is 0.333. The van der Waals surface area contributed by atoms with E-state index in [9.17, 15) is 24.3 Å². The van der Waals surface area contributed by atoms with Crippen LogP contribution in [0.25, 0.3) is 0 Å². The zero-order valence-electron chi connectivity index (χ0n) is 14.5. The molecule has 1 aromatic rings. The maximum absolute atomic E-state index is 12.5. The third kappa shape index (κ3) is 3.97. The van der Waals surface area contributed by atoms with E-state index in [1.807, 2.05) is 30.3 Å². The molecule has 1 saturated heterocycles. The zero-order chi connectivity index (χ0) is 19.6. The van der Waals surface area contributed by atoms with E-state index in [1.165, 1.54) is 23.6 Å². The Balaban J connectivity index is 1.67. The molecule has 0 saturated carbocycles. The Labute approximate surface area is 159 Å². The molecule has 2 heterocycles. The summed E-state index contributed by atoms with van der Waals surface area (Å²) in [7, 11) is 0. The Kier molecular flexibility index (Phi) is 5.50. The normalized spacial score (nSPS) is 23.6. The molecule has 2 aliphatic rings. The van der Waals surface area contributed by atoms with Gasteiger partial charge in [-0.15, -0.1) is 11.8 Å². The molecule has 3 rings (SSSR count). The number of carboxylic acids is 1. The van der Waals surface area contributed by atoms with Crippen LogP contribution in [0.4, 0.5) is 0 Å². The molecule has 2 amide bonds. The third-order valence-electron chi connectivity index (χ3n) is 4.27. The number of aliphatic carboxylic acids is 1. The molecule has 9 heteroatoms. The first kappa shape index (κ1) is 19.0. The van der Waals surface area contributed by atoms with Crippen LogP contribution in [0.2, 0.25) is 0 Å². The Morgan fingerprint density at radius 2 is 1.96 bits per heavy atom. The molecule has 0 unspecified atom stereocenters. The molecule has 0 radical (unpaired) electrons. The van der Waals surface area contributed by atoms with Gasteiger partial charge in [-0.1, -0.05) is 30.3 Å². The van der Waals surface area contributed by atoms with Crippen molar-refractivity contribution in [3.63, 3.8) is 0 Å². The van der Waals surface area contributed by atoms with Crippen molar-refractivity contribution in [2.24, 2.45) is 0 Å². The van der Waals surface area contributed by atoms with Gasteiger partial charge < -0.3 is 20.1 Å². The number of carbonyl (C=O) groups is 4. The van der Waals surface area contributed by atoms with Gasteiger partial charge in [0.2, 0.25) is 11.8 Å². The Bertz CT molecular complexity index is 809. The van der Waals surface area contributed by atoms with E-state index < -0.39 is 35.3 Å². The summed E-state index contributed by atoms with van der Waals surface area (Å²) >= 11 is 1.23. The lowest BCUT2D eigenvalue weighted by Crippen LogP contribution is -2.74. The molecule has 0 aromatic heterocycles. The number of carboxylic acid groups (broad SMARTS) is 1. The van der Waals surface area contributed by atoms with Crippen LogP contribution in [0.3, 0.4) is 0 Å². The van der Waals surface area contributed by atoms with Crippen molar-refractivity contribution < 1.29 is 29.0 Å². The summed E-state index contributed by atoms with van der Waals surface area (Å²) in [6, 6.07) is 7.14. The molecule has 1 aromatic carbocycles. The fourth-order valence-electron chi connectivity index (χ4n) is 3.02. The number of β-lactam (4-membered cyclic amide) rings is 1. The second-order valence-electron chi connectivity index (χ2n) is 6.19. The SMILES string of the molecule is CC(=O)OCC1=CS[C@H]2[C@H](NC(=O)Cc3ccccc3)C(=O)N2[C@H]1C(=O)O. The van der Waals surface area contributed by atoms with Crippen LogP contribution in [-0.4, -0.2) is 57.8 Å². The van der Waals surface area contributed by atoms with Gasteiger partial charge in [0.05, 0.1) is 6.42 Å². The predicted molar refractivity (Wildman–Crippen MR) is 96.4 cm³/mol. The number of esters is 1. The van der Waals surface area contributed by atoms with Crippen LogP contribution in [0, 0.1) is 0 Å². The van der Waals surface area contributed by atoms with E-state index in [4.69, 9.17) is 4.74 Å². The highest BCUT2D eigenvalue weighted by Gasteiger charge is 2.55. The largest absolute Gasteiger partial charge is 0.479 e. The fourth-order valence-corrected chi connectivity index (χ4v) is 4.23. The van der Waals surface area contributed by atoms with E-state index in [1.54, 1.807) is 5.41 Å². The Morgan fingerprint density at radius 3 is 2.59 bits per heavy atom. The number of nitrogens with zero attached hydrogens (tertiary/aromatic N) is 1. The van der Waals surface area contributed by atoms with Crippen LogP contribution in [0.15, 0.2) is 41.3 Å². The number of hydrogen-bond donors (Lipinski definition) is 2. The van der Waals surface area contributed by atoms with Crippen LogP contribution in [0.1, 0.15) is 12.5 Å². The summed E-state index contributed by atoms with van der Waals surface area (Å²) in [5.41, 5.74) is 1.14. The topological polar surface area (TPSA) is 113 Å². The minimum Gasteiger partial charge on any atom is -0.479 e. The number of rotatable bonds is 6. The highest BCUT2D eigenvalue weighted by atomic mass is 32.2. The number of ether oxygens (including phenoxy) is 1. The van der Waals surface area contributed by atoms with Crippen molar-refractivity contribution in [2.45, 2.75) is 30.8 Å².